The van der Waals surface area contributed by atoms with Gasteiger partial charge in [0.15, 0.2) is 0 Å². The summed E-state index contributed by atoms with van der Waals surface area (Å²) in [6.07, 6.45) is 0. The minimum atomic E-state index is -0.220. The van der Waals surface area contributed by atoms with E-state index in [4.69, 9.17) is 0 Å². The van der Waals surface area contributed by atoms with Gasteiger partial charge >= 0.3 is 0 Å². The van der Waals surface area contributed by atoms with Gasteiger partial charge < -0.3 is 0 Å². The monoisotopic (exact) mass is 291 g/mol. The molecular formula is C9H10INO2. The van der Waals surface area contributed by atoms with Gasteiger partial charge in [-0.1, -0.05) is 0 Å². The molecule has 1 rings (SSSR count). The second-order valence-corrected chi connectivity index (χ2v) is 3.76. The summed E-state index contributed by atoms with van der Waals surface area (Å²) in [5.74, 6) is -0.220. The Balaban J connectivity index is 2.90. The van der Waals surface area contributed by atoms with Gasteiger partial charge in [-0.25, -0.2) is 5.48 Å². The van der Waals surface area contributed by atoms with Crippen LogP contribution in [0.5, 0.6) is 0 Å². The maximum absolute atomic E-state index is 11.3. The fraction of sp³-hybridized carbons (Fsp3) is 0.222. The molecule has 0 saturated carbocycles. The first-order valence-corrected chi connectivity index (χ1v) is 4.82. The molecule has 1 amide bonds. The number of benzene rings is 1. The Morgan fingerprint density at radius 2 is 2.23 bits per heavy atom. The van der Waals surface area contributed by atoms with E-state index in [1.165, 1.54) is 7.11 Å². The molecule has 0 heterocycles. The zero-order valence-electron chi connectivity index (χ0n) is 7.43. The van der Waals surface area contributed by atoms with Crippen LogP contribution in [0.2, 0.25) is 0 Å². The van der Waals surface area contributed by atoms with E-state index in [-0.39, 0.29) is 5.91 Å². The highest BCUT2D eigenvalue weighted by Crippen LogP contribution is 2.12. The molecule has 0 radical (unpaired) electrons. The maximum Gasteiger partial charge on any atom is 0.274 e. The van der Waals surface area contributed by atoms with Gasteiger partial charge in [-0.15, -0.1) is 0 Å². The van der Waals surface area contributed by atoms with E-state index in [0.717, 1.165) is 9.13 Å². The average molecular weight is 291 g/mol. The molecule has 0 aliphatic heterocycles. The number of hydrogen-bond donors (Lipinski definition) is 1. The van der Waals surface area contributed by atoms with E-state index < -0.39 is 0 Å². The van der Waals surface area contributed by atoms with E-state index >= 15 is 0 Å². The zero-order chi connectivity index (χ0) is 9.84. The number of carbonyl (C=O) groups excluding carboxylic acids is 1. The summed E-state index contributed by atoms with van der Waals surface area (Å²) in [4.78, 5) is 15.8. The highest BCUT2D eigenvalue weighted by atomic mass is 127. The first-order chi connectivity index (χ1) is 6.15. The summed E-state index contributed by atoms with van der Waals surface area (Å²) in [6, 6.07) is 5.50. The third-order valence-electron chi connectivity index (χ3n) is 1.61. The van der Waals surface area contributed by atoms with Crippen LogP contribution < -0.4 is 5.48 Å². The lowest BCUT2D eigenvalue weighted by molar-refractivity contribution is 0.0537. The molecule has 0 unspecified atom stereocenters. The number of hydrogen-bond acceptors (Lipinski definition) is 2. The Labute approximate surface area is 90.6 Å². The van der Waals surface area contributed by atoms with E-state index in [0.29, 0.717) is 5.56 Å². The molecule has 0 aliphatic carbocycles. The summed E-state index contributed by atoms with van der Waals surface area (Å²) in [7, 11) is 1.41. The predicted octanol–water partition coefficient (Wildman–Crippen LogP) is 1.89. The normalized spacial score (nSPS) is 9.77. The number of nitrogens with one attached hydrogen (secondary N) is 1. The molecular weight excluding hydrogens is 281 g/mol. The van der Waals surface area contributed by atoms with Crippen molar-refractivity contribution < 1.29 is 9.63 Å². The smallest absolute Gasteiger partial charge is 0.274 e. The second kappa shape index (κ2) is 4.57. The largest absolute Gasteiger partial charge is 0.277 e. The summed E-state index contributed by atoms with van der Waals surface area (Å²) in [5, 5.41) is 0. The lowest BCUT2D eigenvalue weighted by Crippen LogP contribution is -2.21. The predicted molar refractivity (Wildman–Crippen MR) is 58.4 cm³/mol. The SMILES string of the molecule is CONC(=O)c1ccc(I)c(C)c1. The van der Waals surface area contributed by atoms with Crippen molar-refractivity contribution in [3.63, 3.8) is 0 Å². The molecule has 70 valence electrons. The van der Waals surface area contributed by atoms with Crippen molar-refractivity contribution in [1.29, 1.82) is 0 Å². The fourth-order valence-electron chi connectivity index (χ4n) is 0.938. The number of hydroxylamine groups is 1. The molecule has 0 spiro atoms. The molecule has 0 aromatic heterocycles. The Hall–Kier alpha value is -0.620. The quantitative estimate of drug-likeness (QED) is 0.667. The van der Waals surface area contributed by atoms with Gasteiger partial charge in [0, 0.05) is 9.13 Å². The Kier molecular flexibility index (Phi) is 3.68. The molecule has 13 heavy (non-hydrogen) atoms. The van der Waals surface area contributed by atoms with Crippen LogP contribution in [-0.2, 0) is 4.84 Å². The van der Waals surface area contributed by atoms with Crippen LogP contribution in [0.1, 0.15) is 15.9 Å². The highest BCUT2D eigenvalue weighted by Gasteiger charge is 2.05. The van der Waals surface area contributed by atoms with Gasteiger partial charge in [0.25, 0.3) is 5.91 Å². The molecule has 3 nitrogen and oxygen atoms in total. The topological polar surface area (TPSA) is 38.3 Å². The third-order valence-corrected chi connectivity index (χ3v) is 2.83. The standard InChI is InChI=1S/C9H10INO2/c1-6-5-7(3-4-8(6)10)9(12)11-13-2/h3-5H,1-2H3,(H,11,12). The summed E-state index contributed by atoms with van der Waals surface area (Å²) >= 11 is 2.22. The van der Waals surface area contributed by atoms with Crippen molar-refractivity contribution >= 4 is 28.5 Å². The highest BCUT2D eigenvalue weighted by molar-refractivity contribution is 14.1. The van der Waals surface area contributed by atoms with Crippen LogP contribution in [0.3, 0.4) is 0 Å². The van der Waals surface area contributed by atoms with Gasteiger partial charge in [0.2, 0.25) is 0 Å². The van der Waals surface area contributed by atoms with Gasteiger partial charge in [-0.05, 0) is 53.3 Å². The Morgan fingerprint density at radius 1 is 1.54 bits per heavy atom. The minimum Gasteiger partial charge on any atom is -0.277 e. The number of carbonyl (C=O) groups is 1. The fourth-order valence-corrected chi connectivity index (χ4v) is 1.27. The third kappa shape index (κ3) is 2.67. The van der Waals surface area contributed by atoms with Gasteiger partial charge in [-0.3, -0.25) is 9.63 Å². The zero-order valence-corrected chi connectivity index (χ0v) is 9.58. The van der Waals surface area contributed by atoms with E-state index in [1.807, 2.05) is 19.1 Å². The minimum absolute atomic E-state index is 0.220. The van der Waals surface area contributed by atoms with Crippen LogP contribution in [0.25, 0.3) is 0 Å². The second-order valence-electron chi connectivity index (χ2n) is 2.60. The van der Waals surface area contributed by atoms with E-state index in [9.17, 15) is 4.79 Å². The molecule has 0 bridgehead atoms. The number of halogens is 1. The molecule has 4 heteroatoms. The van der Waals surface area contributed by atoms with Crippen molar-refractivity contribution in [3.05, 3.63) is 32.9 Å². The van der Waals surface area contributed by atoms with Crippen LogP contribution in [0, 0.1) is 10.5 Å². The first kappa shape index (κ1) is 10.5. The Morgan fingerprint density at radius 3 is 2.77 bits per heavy atom. The summed E-state index contributed by atoms with van der Waals surface area (Å²) < 4.78 is 1.14. The lowest BCUT2D eigenvalue weighted by atomic mass is 10.1. The average Bonchev–Trinajstić information content (AvgIpc) is 2.10. The summed E-state index contributed by atoms with van der Waals surface area (Å²) in [6.45, 7) is 1.96. The van der Waals surface area contributed by atoms with E-state index in [2.05, 4.69) is 32.9 Å². The molecule has 1 aromatic rings. The van der Waals surface area contributed by atoms with Crippen LogP contribution in [0.4, 0.5) is 0 Å². The van der Waals surface area contributed by atoms with Crippen molar-refractivity contribution in [2.24, 2.45) is 0 Å². The molecule has 0 fully saturated rings. The number of amides is 1. The van der Waals surface area contributed by atoms with Crippen molar-refractivity contribution in [1.82, 2.24) is 5.48 Å². The van der Waals surface area contributed by atoms with Gasteiger partial charge in [-0.2, -0.15) is 0 Å². The lowest BCUT2D eigenvalue weighted by Gasteiger charge is -2.03. The molecule has 1 aromatic carbocycles. The Bertz CT molecular complexity index is 325. The molecule has 1 N–H and O–H groups in total. The van der Waals surface area contributed by atoms with Crippen LogP contribution in [-0.4, -0.2) is 13.0 Å². The van der Waals surface area contributed by atoms with E-state index in [1.54, 1.807) is 6.07 Å². The van der Waals surface area contributed by atoms with Crippen molar-refractivity contribution in [2.45, 2.75) is 6.92 Å². The molecule has 0 saturated heterocycles. The van der Waals surface area contributed by atoms with Gasteiger partial charge in [0.1, 0.15) is 0 Å². The first-order valence-electron chi connectivity index (χ1n) is 3.74. The van der Waals surface area contributed by atoms with Crippen molar-refractivity contribution in [2.75, 3.05) is 7.11 Å². The maximum atomic E-state index is 11.3. The van der Waals surface area contributed by atoms with Crippen molar-refractivity contribution in [3.8, 4) is 0 Å². The number of rotatable bonds is 2. The number of aryl methyl sites for hydroxylation is 1. The van der Waals surface area contributed by atoms with Gasteiger partial charge in [0.05, 0.1) is 7.11 Å². The molecule has 0 atom stereocenters. The van der Waals surface area contributed by atoms with Crippen LogP contribution >= 0.6 is 22.6 Å². The summed E-state index contributed by atoms with van der Waals surface area (Å²) in [5.41, 5.74) is 3.97. The van der Waals surface area contributed by atoms with Crippen LogP contribution in [0.15, 0.2) is 18.2 Å². The molecule has 0 aliphatic rings.